The summed E-state index contributed by atoms with van der Waals surface area (Å²) >= 11 is 0. The summed E-state index contributed by atoms with van der Waals surface area (Å²) in [7, 11) is 1.89. The van der Waals surface area contributed by atoms with Gasteiger partial charge in [0.2, 0.25) is 5.91 Å². The summed E-state index contributed by atoms with van der Waals surface area (Å²) in [5, 5.41) is 9.74. The molecule has 0 bridgehead atoms. The SMILES string of the molecule is Cc1noc(C)c1C(=O)N[C@H]1C[C@@H](C(=O)NCCc2cnc[nH]2)N(C)C1. The molecule has 0 spiro atoms. The van der Waals surface area contributed by atoms with Crippen LogP contribution in [0.25, 0.3) is 0 Å². The van der Waals surface area contributed by atoms with Crippen molar-refractivity contribution in [3.05, 3.63) is 35.2 Å². The highest BCUT2D eigenvalue weighted by atomic mass is 16.5. The Kier molecular flexibility index (Phi) is 5.36. The second-order valence-corrected chi connectivity index (χ2v) is 6.68. The van der Waals surface area contributed by atoms with E-state index in [9.17, 15) is 9.59 Å². The van der Waals surface area contributed by atoms with Crippen LogP contribution in [0.2, 0.25) is 0 Å². The Labute approximate surface area is 151 Å². The number of H-pyrrole nitrogens is 1. The first-order chi connectivity index (χ1) is 12.5. The molecule has 3 N–H and O–H groups in total. The number of hydrogen-bond acceptors (Lipinski definition) is 6. The van der Waals surface area contributed by atoms with Crippen molar-refractivity contribution in [3.63, 3.8) is 0 Å². The van der Waals surface area contributed by atoms with Gasteiger partial charge >= 0.3 is 0 Å². The average Bonchev–Trinajstić information content (AvgIpc) is 3.29. The van der Waals surface area contributed by atoms with Gasteiger partial charge < -0.3 is 20.1 Å². The van der Waals surface area contributed by atoms with Crippen LogP contribution < -0.4 is 10.6 Å². The van der Waals surface area contributed by atoms with Crippen LogP contribution in [0.4, 0.5) is 0 Å². The Hall–Kier alpha value is -2.68. The van der Waals surface area contributed by atoms with Gasteiger partial charge in [-0.25, -0.2) is 4.98 Å². The number of aryl methyl sites for hydroxylation is 2. The van der Waals surface area contributed by atoms with Crippen LogP contribution >= 0.6 is 0 Å². The predicted molar refractivity (Wildman–Crippen MR) is 93.6 cm³/mol. The van der Waals surface area contributed by atoms with Gasteiger partial charge in [0.15, 0.2) is 0 Å². The van der Waals surface area contributed by atoms with Gasteiger partial charge in [-0.3, -0.25) is 14.5 Å². The number of rotatable bonds is 6. The lowest BCUT2D eigenvalue weighted by atomic mass is 10.1. The third-order valence-corrected chi connectivity index (χ3v) is 4.69. The van der Waals surface area contributed by atoms with Crippen molar-refractivity contribution in [1.82, 2.24) is 30.7 Å². The minimum absolute atomic E-state index is 0.0268. The summed E-state index contributed by atoms with van der Waals surface area (Å²) in [4.78, 5) is 33.8. The Balaban J connectivity index is 1.50. The number of hydrogen-bond donors (Lipinski definition) is 3. The molecule has 1 fully saturated rings. The molecule has 9 heteroatoms. The van der Waals surface area contributed by atoms with E-state index in [1.54, 1.807) is 26.4 Å². The topological polar surface area (TPSA) is 116 Å². The first kappa shape index (κ1) is 18.1. The average molecular weight is 360 g/mol. The number of imidazole rings is 1. The van der Waals surface area contributed by atoms with E-state index >= 15 is 0 Å². The zero-order chi connectivity index (χ0) is 18.7. The Morgan fingerprint density at radius 1 is 1.42 bits per heavy atom. The predicted octanol–water partition coefficient (Wildman–Crippen LogP) is 0.176. The number of aromatic nitrogens is 3. The highest BCUT2D eigenvalue weighted by molar-refractivity contribution is 5.96. The molecule has 2 amide bonds. The maximum Gasteiger partial charge on any atom is 0.257 e. The molecule has 0 aliphatic carbocycles. The van der Waals surface area contributed by atoms with E-state index in [0.717, 1.165) is 5.69 Å². The summed E-state index contributed by atoms with van der Waals surface area (Å²) in [5.74, 6) is 0.264. The lowest BCUT2D eigenvalue weighted by molar-refractivity contribution is -0.125. The summed E-state index contributed by atoms with van der Waals surface area (Å²) in [6.45, 7) is 4.61. The molecule has 140 valence electrons. The van der Waals surface area contributed by atoms with Crippen LogP contribution in [-0.4, -0.2) is 64.1 Å². The van der Waals surface area contributed by atoms with Crippen molar-refractivity contribution in [2.24, 2.45) is 0 Å². The Morgan fingerprint density at radius 2 is 2.23 bits per heavy atom. The Morgan fingerprint density at radius 3 is 2.88 bits per heavy atom. The molecule has 2 aromatic heterocycles. The van der Waals surface area contributed by atoms with Gasteiger partial charge in [0.05, 0.1) is 18.1 Å². The molecule has 0 radical (unpaired) electrons. The molecule has 9 nitrogen and oxygen atoms in total. The number of amides is 2. The van der Waals surface area contributed by atoms with Gasteiger partial charge in [-0.2, -0.15) is 0 Å². The molecule has 0 aromatic carbocycles. The number of likely N-dealkylation sites (tertiary alicyclic amines) is 1. The van der Waals surface area contributed by atoms with Crippen molar-refractivity contribution < 1.29 is 14.1 Å². The standard InChI is InChI=1S/C17H24N6O3/c1-10-15(11(2)26-22-10)17(25)21-13-6-14(23(3)8-13)16(24)19-5-4-12-7-18-9-20-12/h7,9,13-14H,4-6,8H2,1-3H3,(H,18,20)(H,19,24)(H,21,25)/t13-,14-/m0/s1. The first-order valence-electron chi connectivity index (χ1n) is 8.64. The van der Waals surface area contributed by atoms with Gasteiger partial charge in [0, 0.05) is 37.4 Å². The zero-order valence-corrected chi connectivity index (χ0v) is 15.2. The summed E-state index contributed by atoms with van der Waals surface area (Å²) in [6.07, 6.45) is 4.64. The van der Waals surface area contributed by atoms with E-state index in [4.69, 9.17) is 4.52 Å². The molecule has 1 aliphatic rings. The minimum atomic E-state index is -0.258. The van der Waals surface area contributed by atoms with Gasteiger partial charge in [0.25, 0.3) is 5.91 Å². The van der Waals surface area contributed by atoms with Crippen molar-refractivity contribution in [2.75, 3.05) is 20.1 Å². The number of aromatic amines is 1. The maximum absolute atomic E-state index is 12.5. The lowest BCUT2D eigenvalue weighted by Gasteiger charge is -2.18. The van der Waals surface area contributed by atoms with Gasteiger partial charge in [-0.05, 0) is 27.3 Å². The molecule has 2 atom stereocenters. The maximum atomic E-state index is 12.5. The fourth-order valence-electron chi connectivity index (χ4n) is 3.33. The molecular weight excluding hydrogens is 336 g/mol. The van der Waals surface area contributed by atoms with E-state index in [0.29, 0.717) is 42.9 Å². The minimum Gasteiger partial charge on any atom is -0.361 e. The fourth-order valence-corrected chi connectivity index (χ4v) is 3.33. The van der Waals surface area contributed by atoms with Gasteiger partial charge in [0.1, 0.15) is 11.3 Å². The molecule has 3 rings (SSSR count). The van der Waals surface area contributed by atoms with E-state index in [2.05, 4.69) is 25.8 Å². The summed E-state index contributed by atoms with van der Waals surface area (Å²) < 4.78 is 5.04. The molecule has 1 aliphatic heterocycles. The van der Waals surface area contributed by atoms with Gasteiger partial charge in [-0.15, -0.1) is 0 Å². The molecule has 3 heterocycles. The number of likely N-dealkylation sites (N-methyl/N-ethyl adjacent to an activating group) is 1. The highest BCUT2D eigenvalue weighted by Crippen LogP contribution is 2.18. The second-order valence-electron chi connectivity index (χ2n) is 6.68. The van der Waals surface area contributed by atoms with Crippen LogP contribution in [-0.2, 0) is 11.2 Å². The van der Waals surface area contributed by atoms with Gasteiger partial charge in [-0.1, -0.05) is 5.16 Å². The monoisotopic (exact) mass is 360 g/mol. The fraction of sp³-hybridized carbons (Fsp3) is 0.529. The molecule has 1 saturated heterocycles. The molecule has 2 aromatic rings. The van der Waals surface area contributed by atoms with E-state index in [1.165, 1.54) is 0 Å². The van der Waals surface area contributed by atoms with Crippen molar-refractivity contribution in [3.8, 4) is 0 Å². The normalized spacial score (nSPS) is 20.3. The highest BCUT2D eigenvalue weighted by Gasteiger charge is 2.35. The van der Waals surface area contributed by atoms with Crippen molar-refractivity contribution in [1.29, 1.82) is 0 Å². The van der Waals surface area contributed by atoms with E-state index < -0.39 is 0 Å². The van der Waals surface area contributed by atoms with Crippen LogP contribution in [0.15, 0.2) is 17.0 Å². The molecule has 0 saturated carbocycles. The molecule has 26 heavy (non-hydrogen) atoms. The largest absolute Gasteiger partial charge is 0.361 e. The van der Waals surface area contributed by atoms with Crippen molar-refractivity contribution in [2.45, 2.75) is 38.8 Å². The third-order valence-electron chi connectivity index (χ3n) is 4.69. The van der Waals surface area contributed by atoms with Crippen LogP contribution in [0, 0.1) is 13.8 Å². The Bertz CT molecular complexity index is 750. The zero-order valence-electron chi connectivity index (χ0n) is 15.2. The number of nitrogens with one attached hydrogen (secondary N) is 3. The second kappa shape index (κ2) is 7.69. The number of nitrogens with zero attached hydrogens (tertiary/aromatic N) is 3. The van der Waals surface area contributed by atoms with Crippen LogP contribution in [0.1, 0.15) is 33.9 Å². The number of carbonyl (C=O) groups is 2. The smallest absolute Gasteiger partial charge is 0.257 e. The summed E-state index contributed by atoms with van der Waals surface area (Å²) in [6, 6.07) is -0.351. The molecule has 0 unspecified atom stereocenters. The number of carbonyl (C=O) groups excluding carboxylic acids is 2. The third kappa shape index (κ3) is 3.93. The quantitative estimate of drug-likeness (QED) is 0.676. The van der Waals surface area contributed by atoms with Crippen LogP contribution in [0.5, 0.6) is 0 Å². The summed E-state index contributed by atoms with van der Waals surface area (Å²) in [5.41, 5.74) is 2.02. The van der Waals surface area contributed by atoms with Crippen molar-refractivity contribution >= 4 is 11.8 Å². The van der Waals surface area contributed by atoms with Crippen LogP contribution in [0.3, 0.4) is 0 Å². The lowest BCUT2D eigenvalue weighted by Crippen LogP contribution is -2.42. The first-order valence-corrected chi connectivity index (χ1v) is 8.64. The van der Waals surface area contributed by atoms with E-state index in [1.807, 2.05) is 11.9 Å². The van der Waals surface area contributed by atoms with E-state index in [-0.39, 0.29) is 23.9 Å². The molecular formula is C17H24N6O3.